The van der Waals surface area contributed by atoms with Gasteiger partial charge in [0, 0.05) is 6.42 Å². The maximum absolute atomic E-state index is 10.4. The fourth-order valence-electron chi connectivity index (χ4n) is 2.34. The molecule has 0 aromatic heterocycles. The van der Waals surface area contributed by atoms with Gasteiger partial charge in [-0.2, -0.15) is 0 Å². The van der Waals surface area contributed by atoms with E-state index in [2.05, 4.69) is 32.0 Å². The molecule has 0 heterocycles. The monoisotopic (exact) mass is 204 g/mol. The SMILES string of the molecule is Cc1cccc(C)c1CC(C)(O)C1CC1. The molecular weight excluding hydrogens is 184 g/mol. The number of benzene rings is 1. The van der Waals surface area contributed by atoms with Gasteiger partial charge < -0.3 is 5.11 Å². The molecule has 1 fully saturated rings. The van der Waals surface area contributed by atoms with Crippen LogP contribution in [-0.2, 0) is 6.42 Å². The maximum Gasteiger partial charge on any atom is 0.0688 e. The van der Waals surface area contributed by atoms with Crippen molar-refractivity contribution in [2.24, 2.45) is 5.92 Å². The van der Waals surface area contributed by atoms with E-state index in [9.17, 15) is 5.11 Å². The number of hydrogen-bond acceptors (Lipinski definition) is 1. The third-order valence-corrected chi connectivity index (χ3v) is 3.64. The van der Waals surface area contributed by atoms with Crippen LogP contribution in [-0.4, -0.2) is 10.7 Å². The van der Waals surface area contributed by atoms with Gasteiger partial charge in [-0.25, -0.2) is 0 Å². The first-order chi connectivity index (χ1) is 7.00. The molecule has 1 atom stereocenters. The van der Waals surface area contributed by atoms with Crippen LogP contribution in [0.3, 0.4) is 0 Å². The van der Waals surface area contributed by atoms with E-state index in [0.29, 0.717) is 5.92 Å². The van der Waals surface area contributed by atoms with Crippen molar-refractivity contribution in [3.63, 3.8) is 0 Å². The fourth-order valence-corrected chi connectivity index (χ4v) is 2.34. The molecule has 0 radical (unpaired) electrons. The number of rotatable bonds is 3. The molecule has 2 rings (SSSR count). The van der Waals surface area contributed by atoms with Crippen LogP contribution in [0.4, 0.5) is 0 Å². The Morgan fingerprint density at radius 3 is 2.27 bits per heavy atom. The van der Waals surface area contributed by atoms with Crippen molar-refractivity contribution in [2.75, 3.05) is 0 Å². The Balaban J connectivity index is 2.23. The molecule has 1 aliphatic rings. The van der Waals surface area contributed by atoms with Crippen molar-refractivity contribution >= 4 is 0 Å². The standard InChI is InChI=1S/C14H20O/c1-10-5-4-6-11(2)13(10)9-14(3,15)12-7-8-12/h4-6,12,15H,7-9H2,1-3H3. The Kier molecular flexibility index (Phi) is 2.59. The van der Waals surface area contributed by atoms with Crippen molar-refractivity contribution < 1.29 is 5.11 Å². The highest BCUT2D eigenvalue weighted by atomic mass is 16.3. The van der Waals surface area contributed by atoms with Crippen molar-refractivity contribution in [1.29, 1.82) is 0 Å². The first-order valence-electron chi connectivity index (χ1n) is 5.78. The third-order valence-electron chi connectivity index (χ3n) is 3.64. The quantitative estimate of drug-likeness (QED) is 0.802. The Bertz CT molecular complexity index is 341. The second-order valence-electron chi connectivity index (χ2n) is 5.18. The van der Waals surface area contributed by atoms with Gasteiger partial charge in [-0.3, -0.25) is 0 Å². The Morgan fingerprint density at radius 1 is 1.27 bits per heavy atom. The van der Waals surface area contributed by atoms with Crippen molar-refractivity contribution in [3.05, 3.63) is 34.9 Å². The molecule has 0 aliphatic heterocycles. The van der Waals surface area contributed by atoms with Gasteiger partial charge >= 0.3 is 0 Å². The highest BCUT2D eigenvalue weighted by molar-refractivity contribution is 5.34. The molecule has 0 amide bonds. The van der Waals surface area contributed by atoms with Crippen LogP contribution < -0.4 is 0 Å². The molecule has 1 aliphatic carbocycles. The lowest BCUT2D eigenvalue weighted by Gasteiger charge is -2.25. The smallest absolute Gasteiger partial charge is 0.0688 e. The molecule has 0 bridgehead atoms. The average molecular weight is 204 g/mol. The molecule has 1 heteroatoms. The largest absolute Gasteiger partial charge is 0.390 e. The summed E-state index contributed by atoms with van der Waals surface area (Å²) < 4.78 is 0. The second kappa shape index (κ2) is 3.64. The minimum atomic E-state index is -0.503. The summed E-state index contributed by atoms with van der Waals surface area (Å²) in [5.41, 5.74) is 3.43. The number of aryl methyl sites for hydroxylation is 2. The molecule has 15 heavy (non-hydrogen) atoms. The van der Waals surface area contributed by atoms with Crippen LogP contribution in [0.1, 0.15) is 36.5 Å². The predicted molar refractivity (Wildman–Crippen MR) is 63.0 cm³/mol. The van der Waals surface area contributed by atoms with E-state index >= 15 is 0 Å². The van der Waals surface area contributed by atoms with Gasteiger partial charge in [-0.15, -0.1) is 0 Å². The highest BCUT2D eigenvalue weighted by Gasteiger charge is 2.40. The van der Waals surface area contributed by atoms with Crippen LogP contribution in [0, 0.1) is 19.8 Å². The molecule has 1 aromatic rings. The van der Waals surface area contributed by atoms with Crippen LogP contribution in [0.15, 0.2) is 18.2 Å². The van der Waals surface area contributed by atoms with E-state index in [0.717, 1.165) is 6.42 Å². The predicted octanol–water partition coefficient (Wildman–Crippen LogP) is 3.01. The average Bonchev–Trinajstić information content (AvgIpc) is 2.94. The molecule has 1 nitrogen and oxygen atoms in total. The van der Waals surface area contributed by atoms with Gasteiger partial charge in [0.15, 0.2) is 0 Å². The maximum atomic E-state index is 10.4. The second-order valence-corrected chi connectivity index (χ2v) is 5.18. The summed E-state index contributed by atoms with van der Waals surface area (Å²) in [6.07, 6.45) is 3.19. The number of aliphatic hydroxyl groups is 1. The summed E-state index contributed by atoms with van der Waals surface area (Å²) in [6, 6.07) is 6.34. The van der Waals surface area contributed by atoms with Crippen LogP contribution >= 0.6 is 0 Å². The van der Waals surface area contributed by atoms with E-state index in [1.54, 1.807) is 0 Å². The zero-order valence-corrected chi connectivity index (χ0v) is 9.88. The summed E-state index contributed by atoms with van der Waals surface area (Å²) in [5.74, 6) is 0.525. The van der Waals surface area contributed by atoms with Gasteiger partial charge in [0.25, 0.3) is 0 Å². The van der Waals surface area contributed by atoms with E-state index < -0.39 is 5.60 Å². The molecule has 82 valence electrons. The molecule has 1 saturated carbocycles. The first kappa shape index (κ1) is 10.7. The molecule has 0 spiro atoms. The van der Waals surface area contributed by atoms with Crippen LogP contribution in [0.2, 0.25) is 0 Å². The normalized spacial score (nSPS) is 20.0. The summed E-state index contributed by atoms with van der Waals surface area (Å²) >= 11 is 0. The van der Waals surface area contributed by atoms with Gasteiger partial charge in [0.05, 0.1) is 5.60 Å². The summed E-state index contributed by atoms with van der Waals surface area (Å²) in [4.78, 5) is 0. The molecule has 1 unspecified atom stereocenters. The molecule has 0 saturated heterocycles. The number of hydrogen-bond donors (Lipinski definition) is 1. The van der Waals surface area contributed by atoms with Crippen LogP contribution in [0.25, 0.3) is 0 Å². The molecule has 1 aromatic carbocycles. The van der Waals surface area contributed by atoms with Crippen molar-refractivity contribution in [1.82, 2.24) is 0 Å². The zero-order valence-electron chi connectivity index (χ0n) is 9.88. The fraction of sp³-hybridized carbons (Fsp3) is 0.571. The zero-order chi connectivity index (χ0) is 11.1. The first-order valence-corrected chi connectivity index (χ1v) is 5.78. The van der Waals surface area contributed by atoms with Crippen LogP contribution in [0.5, 0.6) is 0 Å². The van der Waals surface area contributed by atoms with Gasteiger partial charge in [0.2, 0.25) is 0 Å². The van der Waals surface area contributed by atoms with Crippen molar-refractivity contribution in [2.45, 2.75) is 45.6 Å². The van der Waals surface area contributed by atoms with Gasteiger partial charge in [-0.05, 0) is 56.2 Å². The Morgan fingerprint density at radius 2 is 1.80 bits per heavy atom. The van der Waals surface area contributed by atoms with E-state index in [4.69, 9.17) is 0 Å². The van der Waals surface area contributed by atoms with Gasteiger partial charge in [0.1, 0.15) is 0 Å². The topological polar surface area (TPSA) is 20.2 Å². The van der Waals surface area contributed by atoms with E-state index in [-0.39, 0.29) is 0 Å². The molecular formula is C14H20O. The summed E-state index contributed by atoms with van der Waals surface area (Å²) in [7, 11) is 0. The Labute approximate surface area is 92.1 Å². The van der Waals surface area contributed by atoms with Crippen molar-refractivity contribution in [3.8, 4) is 0 Å². The molecule has 1 N–H and O–H groups in total. The Hall–Kier alpha value is -0.820. The highest BCUT2D eigenvalue weighted by Crippen LogP contribution is 2.41. The summed E-state index contributed by atoms with van der Waals surface area (Å²) in [6.45, 7) is 6.24. The lowest BCUT2D eigenvalue weighted by Crippen LogP contribution is -2.30. The summed E-state index contributed by atoms with van der Waals surface area (Å²) in [5, 5.41) is 10.4. The van der Waals surface area contributed by atoms with Gasteiger partial charge in [-0.1, -0.05) is 18.2 Å². The lowest BCUT2D eigenvalue weighted by molar-refractivity contribution is 0.0369. The minimum Gasteiger partial charge on any atom is -0.390 e. The lowest BCUT2D eigenvalue weighted by atomic mass is 9.87. The minimum absolute atomic E-state index is 0.503. The third kappa shape index (κ3) is 2.23. The van der Waals surface area contributed by atoms with E-state index in [1.165, 1.54) is 29.5 Å². The van der Waals surface area contributed by atoms with E-state index in [1.807, 2.05) is 6.92 Å².